The van der Waals surface area contributed by atoms with Crippen LogP contribution in [0.2, 0.25) is 0 Å². The zero-order valence-corrected chi connectivity index (χ0v) is 21.5. The van der Waals surface area contributed by atoms with Crippen molar-refractivity contribution < 1.29 is 9.59 Å². The van der Waals surface area contributed by atoms with Crippen LogP contribution in [-0.4, -0.2) is 65.3 Å². The third-order valence-corrected chi connectivity index (χ3v) is 7.87. The molecule has 0 unspecified atom stereocenters. The lowest BCUT2D eigenvalue weighted by Crippen LogP contribution is -2.57. The van der Waals surface area contributed by atoms with Crippen LogP contribution >= 0.6 is 11.3 Å². The van der Waals surface area contributed by atoms with E-state index in [1.165, 1.54) is 21.6 Å². The van der Waals surface area contributed by atoms with E-state index in [0.717, 1.165) is 13.0 Å². The van der Waals surface area contributed by atoms with E-state index in [0.29, 0.717) is 32.6 Å². The molecular weight excluding hydrogens is 430 g/mol. The molecule has 2 aliphatic heterocycles. The molecule has 0 aliphatic carbocycles. The number of hydrogen-bond donors (Lipinski definition) is 0. The summed E-state index contributed by atoms with van der Waals surface area (Å²) in [5, 5.41) is 2.18. The van der Waals surface area contributed by atoms with Crippen LogP contribution in [0.5, 0.6) is 0 Å². The molecule has 178 valence electrons. The van der Waals surface area contributed by atoms with Crippen molar-refractivity contribution in [2.24, 2.45) is 5.41 Å². The van der Waals surface area contributed by atoms with Crippen LogP contribution < -0.4 is 0 Å². The number of nitrogens with zero attached hydrogens (tertiary/aromatic N) is 3. The van der Waals surface area contributed by atoms with Gasteiger partial charge in [0.25, 0.3) is 0 Å². The first-order valence-electron chi connectivity index (χ1n) is 12.1. The maximum Gasteiger partial charge on any atom is 0.236 e. The van der Waals surface area contributed by atoms with Gasteiger partial charge in [0.2, 0.25) is 11.8 Å². The molecule has 1 fully saturated rings. The molecule has 0 radical (unpaired) electrons. The highest BCUT2D eigenvalue weighted by Gasteiger charge is 2.35. The third-order valence-electron chi connectivity index (χ3n) is 6.87. The van der Waals surface area contributed by atoms with Crippen molar-refractivity contribution in [3.8, 4) is 0 Å². The van der Waals surface area contributed by atoms with E-state index in [1.807, 2.05) is 21.1 Å². The van der Waals surface area contributed by atoms with Gasteiger partial charge in [-0.25, -0.2) is 0 Å². The van der Waals surface area contributed by atoms with Crippen molar-refractivity contribution in [2.45, 2.75) is 59.5 Å². The predicted molar refractivity (Wildman–Crippen MR) is 134 cm³/mol. The quantitative estimate of drug-likeness (QED) is 0.665. The Morgan fingerprint density at radius 2 is 1.79 bits per heavy atom. The minimum absolute atomic E-state index is 0.0247. The van der Waals surface area contributed by atoms with E-state index in [2.05, 4.69) is 75.2 Å². The van der Waals surface area contributed by atoms with Gasteiger partial charge in [0.1, 0.15) is 0 Å². The first-order valence-corrected chi connectivity index (χ1v) is 12.9. The largest absolute Gasteiger partial charge is 0.338 e. The van der Waals surface area contributed by atoms with Crippen molar-refractivity contribution >= 4 is 23.2 Å². The molecule has 3 heterocycles. The van der Waals surface area contributed by atoms with Crippen LogP contribution in [0.25, 0.3) is 0 Å². The molecule has 33 heavy (non-hydrogen) atoms. The molecule has 1 aromatic carbocycles. The Balaban J connectivity index is 1.46. The van der Waals surface area contributed by atoms with Crippen LogP contribution in [0.3, 0.4) is 0 Å². The lowest BCUT2D eigenvalue weighted by Gasteiger charge is -2.42. The predicted octanol–water partition coefficient (Wildman–Crippen LogP) is 4.50. The second-order valence-electron chi connectivity index (χ2n) is 10.8. The van der Waals surface area contributed by atoms with Crippen molar-refractivity contribution in [3.63, 3.8) is 0 Å². The first kappa shape index (κ1) is 24.0. The minimum atomic E-state index is -0.0247. The molecule has 0 N–H and O–H groups in total. The highest BCUT2D eigenvalue weighted by Crippen LogP contribution is 2.38. The summed E-state index contributed by atoms with van der Waals surface area (Å²) in [6.45, 7) is 13.7. The summed E-state index contributed by atoms with van der Waals surface area (Å²) in [5.74, 6) is 0.366. The lowest BCUT2D eigenvalue weighted by molar-refractivity contribution is -0.144. The summed E-state index contributed by atoms with van der Waals surface area (Å²) in [6, 6.07) is 10.9. The van der Waals surface area contributed by atoms with E-state index in [-0.39, 0.29) is 29.3 Å². The van der Waals surface area contributed by atoms with Gasteiger partial charge in [-0.1, -0.05) is 45.0 Å². The molecule has 2 atom stereocenters. The number of aryl methyl sites for hydroxylation is 1. The number of carbonyl (C=O) groups excluding carboxylic acids is 2. The molecule has 0 saturated carbocycles. The van der Waals surface area contributed by atoms with Gasteiger partial charge in [0.15, 0.2) is 0 Å². The summed E-state index contributed by atoms with van der Waals surface area (Å²) < 4.78 is 0. The van der Waals surface area contributed by atoms with E-state index in [9.17, 15) is 9.59 Å². The zero-order chi connectivity index (χ0) is 23.8. The smallest absolute Gasteiger partial charge is 0.236 e. The molecule has 0 bridgehead atoms. The Morgan fingerprint density at radius 1 is 1.03 bits per heavy atom. The van der Waals surface area contributed by atoms with Crippen LogP contribution in [0.4, 0.5) is 0 Å². The van der Waals surface area contributed by atoms with Gasteiger partial charge >= 0.3 is 0 Å². The van der Waals surface area contributed by atoms with Crippen molar-refractivity contribution in [1.82, 2.24) is 14.7 Å². The van der Waals surface area contributed by atoms with E-state index >= 15 is 0 Å². The van der Waals surface area contributed by atoms with Gasteiger partial charge in [-0.3, -0.25) is 14.5 Å². The highest BCUT2D eigenvalue weighted by molar-refractivity contribution is 7.10. The summed E-state index contributed by atoms with van der Waals surface area (Å²) in [5.41, 5.74) is 3.87. The second kappa shape index (κ2) is 9.59. The average Bonchev–Trinajstić information content (AvgIpc) is 3.22. The molecule has 1 saturated heterocycles. The van der Waals surface area contributed by atoms with Gasteiger partial charge in [-0.05, 0) is 53.8 Å². The monoisotopic (exact) mass is 467 g/mol. The Hall–Kier alpha value is -2.18. The SMILES string of the molecule is Cc1ccccc1[C@H]1c2ccsc2CCN1CC(=O)N1CCN(C(=O)CC(C)(C)C)[C@H](C)C1. The standard InChI is InChI=1S/C27H37N3O2S/c1-19-8-6-7-9-21(19)26-22-11-15-33-23(22)10-12-29(26)18-25(32)28-13-14-30(20(2)17-28)24(31)16-27(3,4)5/h6-9,11,15,20,26H,10,12-14,16-18H2,1-5H3/t20-,26+/m1/s1. The number of thiophene rings is 1. The minimum Gasteiger partial charge on any atom is -0.338 e. The molecule has 2 aliphatic rings. The fourth-order valence-electron chi connectivity index (χ4n) is 5.18. The number of hydrogen-bond acceptors (Lipinski definition) is 4. The Morgan fingerprint density at radius 3 is 2.48 bits per heavy atom. The number of carbonyl (C=O) groups is 2. The Kier molecular flexibility index (Phi) is 6.96. The van der Waals surface area contributed by atoms with Crippen molar-refractivity contribution in [1.29, 1.82) is 0 Å². The molecule has 5 nitrogen and oxygen atoms in total. The van der Waals surface area contributed by atoms with Gasteiger partial charge in [0, 0.05) is 43.5 Å². The number of benzene rings is 1. The maximum absolute atomic E-state index is 13.4. The highest BCUT2D eigenvalue weighted by atomic mass is 32.1. The molecule has 2 aromatic rings. The van der Waals surface area contributed by atoms with Crippen LogP contribution in [0.1, 0.15) is 61.7 Å². The average molecular weight is 468 g/mol. The third kappa shape index (κ3) is 5.33. The van der Waals surface area contributed by atoms with Crippen LogP contribution in [0, 0.1) is 12.3 Å². The number of fused-ring (bicyclic) bond motifs is 1. The summed E-state index contributed by atoms with van der Waals surface area (Å²) in [4.78, 5) is 33.9. The van der Waals surface area contributed by atoms with Crippen LogP contribution in [0.15, 0.2) is 35.7 Å². The van der Waals surface area contributed by atoms with E-state index in [1.54, 1.807) is 0 Å². The fourth-order valence-corrected chi connectivity index (χ4v) is 6.08. The van der Waals surface area contributed by atoms with E-state index in [4.69, 9.17) is 0 Å². The van der Waals surface area contributed by atoms with E-state index < -0.39 is 0 Å². The molecule has 4 rings (SSSR count). The summed E-state index contributed by atoms with van der Waals surface area (Å²) in [7, 11) is 0. The van der Waals surface area contributed by atoms with Gasteiger partial charge in [-0.2, -0.15) is 0 Å². The fraction of sp³-hybridized carbons (Fsp3) is 0.556. The summed E-state index contributed by atoms with van der Waals surface area (Å²) >= 11 is 1.83. The van der Waals surface area contributed by atoms with Crippen molar-refractivity contribution in [2.75, 3.05) is 32.7 Å². The number of amides is 2. The van der Waals surface area contributed by atoms with Crippen LogP contribution in [-0.2, 0) is 16.0 Å². The molecule has 0 spiro atoms. The molecule has 6 heteroatoms. The Labute approximate surface area is 202 Å². The van der Waals surface area contributed by atoms with Gasteiger partial charge in [0.05, 0.1) is 12.6 Å². The topological polar surface area (TPSA) is 43.9 Å². The normalized spacial score (nSPS) is 21.7. The maximum atomic E-state index is 13.4. The molecule has 1 aromatic heterocycles. The van der Waals surface area contributed by atoms with Gasteiger partial charge in [-0.15, -0.1) is 11.3 Å². The molecule has 2 amide bonds. The first-order chi connectivity index (χ1) is 15.6. The lowest BCUT2D eigenvalue weighted by atomic mass is 9.90. The second-order valence-corrected chi connectivity index (χ2v) is 11.8. The summed E-state index contributed by atoms with van der Waals surface area (Å²) in [6.07, 6.45) is 1.54. The Bertz CT molecular complexity index is 1010. The number of rotatable bonds is 4. The van der Waals surface area contributed by atoms with Gasteiger partial charge < -0.3 is 9.80 Å². The zero-order valence-electron chi connectivity index (χ0n) is 20.6. The molecular formula is C27H37N3O2S. The van der Waals surface area contributed by atoms with Crippen molar-refractivity contribution in [3.05, 3.63) is 57.3 Å². The number of piperazine rings is 1.